The minimum Gasteiger partial charge on any atom is -0.476 e. The molecule has 21 heavy (non-hydrogen) atoms. The number of hydrogen-bond donors (Lipinski definition) is 3. The first-order valence-electron chi connectivity index (χ1n) is 6.87. The highest BCUT2D eigenvalue weighted by Crippen LogP contribution is 2.28. The molecule has 1 atom stereocenters. The molecule has 0 aromatic carbocycles. The van der Waals surface area contributed by atoms with Gasteiger partial charge in [0, 0.05) is 18.5 Å². The van der Waals surface area contributed by atoms with Crippen LogP contribution in [0.4, 0.5) is 4.79 Å². The van der Waals surface area contributed by atoms with Crippen molar-refractivity contribution in [3.63, 3.8) is 0 Å². The molecule has 1 fully saturated rings. The Morgan fingerprint density at radius 2 is 2.33 bits per heavy atom. The summed E-state index contributed by atoms with van der Waals surface area (Å²) in [6, 6.07) is -0.653. The van der Waals surface area contributed by atoms with Crippen LogP contribution < -0.4 is 10.6 Å². The van der Waals surface area contributed by atoms with E-state index in [9.17, 15) is 9.59 Å². The van der Waals surface area contributed by atoms with E-state index in [0.29, 0.717) is 24.1 Å². The van der Waals surface area contributed by atoms with Crippen molar-refractivity contribution >= 4 is 23.3 Å². The van der Waals surface area contributed by atoms with Crippen molar-refractivity contribution in [1.29, 1.82) is 0 Å². The predicted octanol–water partition coefficient (Wildman–Crippen LogP) is 1.63. The monoisotopic (exact) mass is 313 g/mol. The van der Waals surface area contributed by atoms with E-state index in [0.717, 1.165) is 6.61 Å². The van der Waals surface area contributed by atoms with E-state index in [4.69, 9.17) is 9.84 Å². The Kier molecular flexibility index (Phi) is 5.51. The van der Waals surface area contributed by atoms with Gasteiger partial charge in [-0.15, -0.1) is 11.3 Å². The molecule has 1 aliphatic rings. The van der Waals surface area contributed by atoms with E-state index in [1.165, 1.54) is 29.6 Å². The number of rotatable bonds is 8. The molecule has 1 heterocycles. The molecule has 1 aromatic heterocycles. The highest BCUT2D eigenvalue weighted by atomic mass is 32.1. The van der Waals surface area contributed by atoms with Gasteiger partial charge in [-0.1, -0.05) is 0 Å². The summed E-state index contributed by atoms with van der Waals surface area (Å²) < 4.78 is 5.41. The lowest BCUT2D eigenvalue weighted by atomic mass is 10.3. The normalized spacial score (nSPS) is 15.5. The highest BCUT2D eigenvalue weighted by Gasteiger charge is 2.21. The fraction of sp³-hybridized carbons (Fsp3) is 0.615. The predicted molar refractivity (Wildman–Crippen MR) is 77.6 cm³/mol. The molecule has 8 heteroatoms. The van der Waals surface area contributed by atoms with Crippen molar-refractivity contribution in [3.8, 4) is 0 Å². The molecule has 1 aromatic rings. The van der Waals surface area contributed by atoms with E-state index in [1.54, 1.807) is 6.92 Å². The second-order valence-corrected chi connectivity index (χ2v) is 5.91. The number of carbonyl (C=O) groups excluding carboxylic acids is 1. The molecule has 7 nitrogen and oxygen atoms in total. The Morgan fingerprint density at radius 3 is 2.95 bits per heavy atom. The summed E-state index contributed by atoms with van der Waals surface area (Å²) in [6.07, 6.45) is 2.50. The number of aromatic nitrogens is 1. The molecule has 0 spiro atoms. The van der Waals surface area contributed by atoms with E-state index in [2.05, 4.69) is 15.6 Å². The van der Waals surface area contributed by atoms with Crippen LogP contribution in [-0.2, 0) is 4.74 Å². The zero-order chi connectivity index (χ0) is 15.2. The van der Waals surface area contributed by atoms with Crippen LogP contribution in [0.2, 0.25) is 0 Å². The van der Waals surface area contributed by atoms with Gasteiger partial charge in [0.1, 0.15) is 5.01 Å². The Morgan fingerprint density at radius 1 is 1.57 bits per heavy atom. The van der Waals surface area contributed by atoms with Crippen molar-refractivity contribution in [2.24, 2.45) is 5.92 Å². The van der Waals surface area contributed by atoms with Gasteiger partial charge in [-0.05, 0) is 25.7 Å². The second-order valence-electron chi connectivity index (χ2n) is 5.02. The lowest BCUT2D eigenvalue weighted by molar-refractivity contribution is 0.0691. The van der Waals surface area contributed by atoms with E-state index in [-0.39, 0.29) is 17.8 Å². The quantitative estimate of drug-likeness (QED) is 0.633. The Labute approximate surface area is 126 Å². The fourth-order valence-electron chi connectivity index (χ4n) is 1.67. The summed E-state index contributed by atoms with van der Waals surface area (Å²) in [5.74, 6) is -0.353. The number of nitrogens with zero attached hydrogens (tertiary/aromatic N) is 1. The average molecular weight is 313 g/mol. The number of carbonyl (C=O) groups is 2. The number of aromatic carboxylic acids is 1. The standard InChI is InChI=1S/C13H19N3O4S/c1-8(11-16-10(7-21-11)12(17)18)15-13(19)14-4-5-20-6-9-2-3-9/h7-9H,2-6H2,1H3,(H,17,18)(H2,14,15,19). The number of ether oxygens (including phenoxy) is 1. The second kappa shape index (κ2) is 7.37. The summed E-state index contributed by atoms with van der Waals surface area (Å²) in [5, 5.41) is 16.2. The van der Waals surface area contributed by atoms with Crippen molar-refractivity contribution in [3.05, 3.63) is 16.1 Å². The lowest BCUT2D eigenvalue weighted by Gasteiger charge is -2.12. The number of carboxylic acids is 1. The van der Waals surface area contributed by atoms with Crippen LogP contribution in [0, 0.1) is 5.92 Å². The van der Waals surface area contributed by atoms with Gasteiger partial charge < -0.3 is 20.5 Å². The van der Waals surface area contributed by atoms with Crippen LogP contribution in [0.3, 0.4) is 0 Å². The van der Waals surface area contributed by atoms with Gasteiger partial charge in [0.05, 0.1) is 12.6 Å². The molecule has 1 aliphatic carbocycles. The summed E-state index contributed by atoms with van der Waals surface area (Å²) in [4.78, 5) is 26.4. The minimum absolute atomic E-state index is 0.00228. The molecule has 0 aliphatic heterocycles. The Hall–Kier alpha value is -1.67. The molecule has 0 radical (unpaired) electrons. The largest absolute Gasteiger partial charge is 0.476 e. The average Bonchev–Trinajstić information content (AvgIpc) is 3.11. The number of nitrogens with one attached hydrogen (secondary N) is 2. The lowest BCUT2D eigenvalue weighted by Crippen LogP contribution is -2.38. The van der Waals surface area contributed by atoms with Gasteiger partial charge in [0.15, 0.2) is 5.69 Å². The van der Waals surface area contributed by atoms with Crippen molar-refractivity contribution < 1.29 is 19.4 Å². The maximum absolute atomic E-state index is 11.7. The molecular formula is C13H19N3O4S. The van der Waals surface area contributed by atoms with Crippen molar-refractivity contribution in [1.82, 2.24) is 15.6 Å². The maximum Gasteiger partial charge on any atom is 0.355 e. The van der Waals surface area contributed by atoms with Crippen LogP contribution in [0.15, 0.2) is 5.38 Å². The molecule has 2 amide bonds. The summed E-state index contributed by atoms with van der Waals surface area (Å²) in [6.45, 7) is 3.48. The third kappa shape index (κ3) is 5.31. The number of urea groups is 1. The van der Waals surface area contributed by atoms with Gasteiger partial charge in [0.2, 0.25) is 0 Å². The first-order valence-corrected chi connectivity index (χ1v) is 7.75. The smallest absolute Gasteiger partial charge is 0.355 e. The topological polar surface area (TPSA) is 101 Å². The van der Waals surface area contributed by atoms with Gasteiger partial charge in [-0.25, -0.2) is 14.6 Å². The molecule has 1 unspecified atom stereocenters. The van der Waals surface area contributed by atoms with Gasteiger partial charge in [0.25, 0.3) is 0 Å². The third-order valence-electron chi connectivity index (χ3n) is 3.04. The molecule has 1 saturated carbocycles. The molecular weight excluding hydrogens is 294 g/mol. The Balaban J connectivity index is 1.64. The zero-order valence-electron chi connectivity index (χ0n) is 11.8. The molecule has 3 N–H and O–H groups in total. The molecule has 2 rings (SSSR count). The van der Waals surface area contributed by atoms with Gasteiger partial charge in [-0.2, -0.15) is 0 Å². The van der Waals surface area contributed by atoms with Crippen LogP contribution in [0.25, 0.3) is 0 Å². The third-order valence-corrected chi connectivity index (χ3v) is 4.07. The van der Waals surface area contributed by atoms with Gasteiger partial charge >= 0.3 is 12.0 Å². The van der Waals surface area contributed by atoms with Crippen molar-refractivity contribution in [2.75, 3.05) is 19.8 Å². The van der Waals surface area contributed by atoms with Crippen LogP contribution in [0.5, 0.6) is 0 Å². The molecule has 0 bridgehead atoms. The maximum atomic E-state index is 11.7. The SMILES string of the molecule is CC(NC(=O)NCCOCC1CC1)c1nc(C(=O)O)cs1. The summed E-state index contributed by atoms with van der Waals surface area (Å²) in [7, 11) is 0. The summed E-state index contributed by atoms with van der Waals surface area (Å²) in [5.41, 5.74) is -0.00228. The zero-order valence-corrected chi connectivity index (χ0v) is 12.6. The minimum atomic E-state index is -1.07. The van der Waals surface area contributed by atoms with E-state index >= 15 is 0 Å². The molecule has 0 saturated heterocycles. The number of amides is 2. The van der Waals surface area contributed by atoms with Crippen LogP contribution in [0.1, 0.15) is 41.3 Å². The van der Waals surface area contributed by atoms with Crippen molar-refractivity contribution in [2.45, 2.75) is 25.8 Å². The first kappa shape index (κ1) is 15.7. The first-order chi connectivity index (χ1) is 10.1. The number of thiazole rings is 1. The van der Waals surface area contributed by atoms with Gasteiger partial charge in [-0.3, -0.25) is 0 Å². The summed E-state index contributed by atoms with van der Waals surface area (Å²) >= 11 is 1.21. The number of hydrogen-bond acceptors (Lipinski definition) is 5. The molecule has 116 valence electrons. The highest BCUT2D eigenvalue weighted by molar-refractivity contribution is 7.09. The fourth-order valence-corrected chi connectivity index (χ4v) is 2.47. The van der Waals surface area contributed by atoms with E-state index < -0.39 is 5.97 Å². The number of carboxylic acid groups (broad SMARTS) is 1. The van der Waals surface area contributed by atoms with E-state index in [1.807, 2.05) is 0 Å². The van der Waals surface area contributed by atoms with Crippen LogP contribution in [-0.4, -0.2) is 41.8 Å². The Bertz CT molecular complexity index is 501. The van der Waals surface area contributed by atoms with Crippen LogP contribution >= 0.6 is 11.3 Å².